The number of hydrogen-bond acceptors (Lipinski definition) is 4. The molecule has 25 heavy (non-hydrogen) atoms. The first-order valence-corrected chi connectivity index (χ1v) is 9.91. The Hall–Kier alpha value is -1.50. The van der Waals surface area contributed by atoms with E-state index >= 15 is 0 Å². The largest absolute Gasteiger partial charge is 0.466 e. The lowest BCUT2D eigenvalue weighted by Crippen LogP contribution is -2.16. The van der Waals surface area contributed by atoms with Crippen molar-refractivity contribution >= 4 is 11.9 Å². The number of esters is 2. The highest BCUT2D eigenvalue weighted by molar-refractivity contribution is 5.72. The van der Waals surface area contributed by atoms with E-state index in [1.165, 1.54) is 38.5 Å². The van der Waals surface area contributed by atoms with Crippen LogP contribution in [0.5, 0.6) is 0 Å². The minimum atomic E-state index is -0.341. The van der Waals surface area contributed by atoms with E-state index in [0.29, 0.717) is 19.4 Å². The molecular weight excluding hydrogens is 316 g/mol. The Bertz CT molecular complexity index is 406. The second-order valence-electron chi connectivity index (χ2n) is 6.33. The van der Waals surface area contributed by atoms with Gasteiger partial charge >= 0.3 is 11.9 Å². The highest BCUT2D eigenvalue weighted by atomic mass is 16.5. The van der Waals surface area contributed by atoms with E-state index in [1.807, 2.05) is 6.92 Å². The average Bonchev–Trinajstić information content (AvgIpc) is 2.60. The molecule has 1 unspecified atom stereocenters. The van der Waals surface area contributed by atoms with Crippen molar-refractivity contribution in [3.8, 4) is 11.8 Å². The minimum absolute atomic E-state index is 0.226. The lowest BCUT2D eigenvalue weighted by Gasteiger charge is -2.10. The molecule has 4 nitrogen and oxygen atoms in total. The fraction of sp³-hybridized carbons (Fsp3) is 0.810. The second kappa shape index (κ2) is 17.3. The number of ether oxygens (including phenoxy) is 2. The molecule has 0 aromatic heterocycles. The fourth-order valence-corrected chi connectivity index (χ4v) is 2.46. The predicted molar refractivity (Wildman–Crippen MR) is 101 cm³/mol. The zero-order valence-corrected chi connectivity index (χ0v) is 16.4. The van der Waals surface area contributed by atoms with Crippen LogP contribution in [0.3, 0.4) is 0 Å². The van der Waals surface area contributed by atoms with Crippen molar-refractivity contribution in [2.45, 2.75) is 104 Å². The van der Waals surface area contributed by atoms with Crippen LogP contribution in [0.2, 0.25) is 0 Å². The lowest BCUT2D eigenvalue weighted by atomic mass is 10.1. The maximum atomic E-state index is 11.7. The van der Waals surface area contributed by atoms with Crippen LogP contribution in [-0.2, 0) is 19.1 Å². The van der Waals surface area contributed by atoms with Gasteiger partial charge in [0.1, 0.15) is 0 Å². The molecule has 0 aliphatic rings. The van der Waals surface area contributed by atoms with E-state index in [-0.39, 0.29) is 30.9 Å². The van der Waals surface area contributed by atoms with Crippen LogP contribution < -0.4 is 0 Å². The Morgan fingerprint density at radius 1 is 0.840 bits per heavy atom. The van der Waals surface area contributed by atoms with Gasteiger partial charge in [-0.15, -0.1) is 5.92 Å². The Morgan fingerprint density at radius 3 is 2.04 bits per heavy atom. The van der Waals surface area contributed by atoms with Gasteiger partial charge < -0.3 is 9.47 Å². The van der Waals surface area contributed by atoms with Crippen LogP contribution in [0.15, 0.2) is 0 Å². The molecular formula is C21H36O4. The number of carbonyl (C=O) groups excluding carboxylic acids is 2. The highest BCUT2D eigenvalue weighted by Gasteiger charge is 2.11. The van der Waals surface area contributed by atoms with Gasteiger partial charge in [0.2, 0.25) is 0 Å². The topological polar surface area (TPSA) is 52.6 Å². The summed E-state index contributed by atoms with van der Waals surface area (Å²) in [4.78, 5) is 23.3. The zero-order chi connectivity index (χ0) is 18.8. The second-order valence-corrected chi connectivity index (χ2v) is 6.33. The van der Waals surface area contributed by atoms with E-state index in [9.17, 15) is 9.59 Å². The van der Waals surface area contributed by atoms with E-state index in [2.05, 4.69) is 18.8 Å². The van der Waals surface area contributed by atoms with Gasteiger partial charge in [-0.25, -0.2) is 0 Å². The molecule has 0 saturated carbocycles. The molecule has 4 heteroatoms. The third-order valence-electron chi connectivity index (χ3n) is 3.97. The summed E-state index contributed by atoms with van der Waals surface area (Å²) in [5.41, 5.74) is 0. The summed E-state index contributed by atoms with van der Waals surface area (Å²) in [7, 11) is 0. The van der Waals surface area contributed by atoms with Gasteiger partial charge in [-0.2, -0.15) is 0 Å². The first-order valence-electron chi connectivity index (χ1n) is 9.91. The Kier molecular flexibility index (Phi) is 16.3. The summed E-state index contributed by atoms with van der Waals surface area (Å²) in [5, 5.41) is 0. The Balaban J connectivity index is 3.51. The summed E-state index contributed by atoms with van der Waals surface area (Å²) in [5.74, 6) is 5.06. The molecule has 0 rings (SSSR count). The molecule has 0 radical (unpaired) electrons. The van der Waals surface area contributed by atoms with Gasteiger partial charge in [-0.1, -0.05) is 64.7 Å². The quantitative estimate of drug-likeness (QED) is 0.231. The Morgan fingerprint density at radius 2 is 1.44 bits per heavy atom. The third-order valence-corrected chi connectivity index (χ3v) is 3.97. The van der Waals surface area contributed by atoms with Crippen molar-refractivity contribution in [1.29, 1.82) is 0 Å². The third kappa shape index (κ3) is 15.8. The number of unbranched alkanes of at least 4 members (excludes halogenated alkanes) is 7. The van der Waals surface area contributed by atoms with E-state index < -0.39 is 0 Å². The summed E-state index contributed by atoms with van der Waals surface area (Å²) in [6.45, 7) is 6.35. The van der Waals surface area contributed by atoms with Gasteiger partial charge in [-0.3, -0.25) is 9.59 Å². The number of carbonyl (C=O) groups is 2. The normalized spacial score (nSPS) is 11.3. The van der Waals surface area contributed by atoms with Gasteiger partial charge in [0.15, 0.2) is 6.10 Å². The summed E-state index contributed by atoms with van der Waals surface area (Å²) in [6.07, 6.45) is 11.1. The standard InChI is InChI=1S/C21H36O4/c1-4-7-8-9-10-11-12-13-18-24-20(22)16-14-17-21(23)25-19(6-3)15-5-2/h19H,4,6-14,16-18H2,1-3H3. The van der Waals surface area contributed by atoms with Gasteiger partial charge in [0.25, 0.3) is 0 Å². The molecule has 0 aliphatic heterocycles. The van der Waals surface area contributed by atoms with Crippen molar-refractivity contribution in [2.24, 2.45) is 0 Å². The molecule has 0 N–H and O–H groups in total. The molecule has 0 spiro atoms. The molecule has 0 aliphatic carbocycles. The summed E-state index contributed by atoms with van der Waals surface area (Å²) < 4.78 is 10.4. The maximum Gasteiger partial charge on any atom is 0.307 e. The van der Waals surface area contributed by atoms with Crippen molar-refractivity contribution in [1.82, 2.24) is 0 Å². The van der Waals surface area contributed by atoms with Crippen LogP contribution in [0.1, 0.15) is 97.8 Å². The van der Waals surface area contributed by atoms with Crippen molar-refractivity contribution in [2.75, 3.05) is 6.61 Å². The van der Waals surface area contributed by atoms with Gasteiger partial charge in [-0.05, 0) is 26.2 Å². The first kappa shape index (κ1) is 23.5. The molecule has 0 saturated heterocycles. The van der Waals surface area contributed by atoms with Crippen LogP contribution in [-0.4, -0.2) is 24.6 Å². The smallest absolute Gasteiger partial charge is 0.307 e. The molecule has 0 aromatic carbocycles. The molecule has 0 aromatic rings. The summed E-state index contributed by atoms with van der Waals surface area (Å²) >= 11 is 0. The van der Waals surface area contributed by atoms with E-state index in [4.69, 9.17) is 9.47 Å². The zero-order valence-electron chi connectivity index (χ0n) is 16.4. The molecule has 1 atom stereocenters. The molecule has 144 valence electrons. The first-order chi connectivity index (χ1) is 12.1. The highest BCUT2D eigenvalue weighted by Crippen LogP contribution is 2.09. The number of hydrogen-bond donors (Lipinski definition) is 0. The minimum Gasteiger partial charge on any atom is -0.466 e. The maximum absolute atomic E-state index is 11.7. The van der Waals surface area contributed by atoms with Crippen molar-refractivity contribution in [3.63, 3.8) is 0 Å². The van der Waals surface area contributed by atoms with Crippen molar-refractivity contribution in [3.05, 3.63) is 0 Å². The Labute approximate surface area is 154 Å². The number of rotatable bonds is 15. The van der Waals surface area contributed by atoms with Gasteiger partial charge in [0.05, 0.1) is 6.61 Å². The van der Waals surface area contributed by atoms with Crippen LogP contribution in [0.4, 0.5) is 0 Å². The van der Waals surface area contributed by atoms with E-state index in [0.717, 1.165) is 12.8 Å². The average molecular weight is 353 g/mol. The van der Waals surface area contributed by atoms with Crippen molar-refractivity contribution < 1.29 is 19.1 Å². The fourth-order valence-electron chi connectivity index (χ4n) is 2.46. The SMILES string of the molecule is CC#CC(CC)OC(=O)CCCC(=O)OCCCCCCCCCC. The molecule has 0 amide bonds. The van der Waals surface area contributed by atoms with Gasteiger partial charge in [0, 0.05) is 12.8 Å². The molecule has 0 heterocycles. The predicted octanol–water partition coefficient (Wildman–Crippen LogP) is 5.19. The summed E-state index contributed by atoms with van der Waals surface area (Å²) in [6, 6.07) is 0. The van der Waals surface area contributed by atoms with Crippen LogP contribution in [0.25, 0.3) is 0 Å². The monoisotopic (exact) mass is 352 g/mol. The van der Waals surface area contributed by atoms with Crippen LogP contribution in [0, 0.1) is 11.8 Å². The van der Waals surface area contributed by atoms with Crippen LogP contribution >= 0.6 is 0 Å². The van der Waals surface area contributed by atoms with E-state index in [1.54, 1.807) is 6.92 Å². The molecule has 0 bridgehead atoms. The molecule has 0 fully saturated rings. The lowest BCUT2D eigenvalue weighted by molar-refractivity contribution is -0.147.